The lowest BCUT2D eigenvalue weighted by molar-refractivity contribution is -0.908. The van der Waals surface area contributed by atoms with Crippen LogP contribution in [0.25, 0.3) is 5.76 Å². The lowest BCUT2D eigenvalue weighted by Crippen LogP contribution is -3.14. The van der Waals surface area contributed by atoms with E-state index < -0.39 is 23.5 Å². The summed E-state index contributed by atoms with van der Waals surface area (Å²) in [6.07, 6.45) is 0.681. The van der Waals surface area contributed by atoms with Gasteiger partial charge in [-0.1, -0.05) is 11.8 Å². The Kier molecular flexibility index (Phi) is 8.35. The van der Waals surface area contributed by atoms with Crippen LogP contribution in [-0.4, -0.2) is 77.3 Å². The van der Waals surface area contributed by atoms with Crippen LogP contribution in [0.3, 0.4) is 0 Å². The van der Waals surface area contributed by atoms with E-state index in [1.807, 2.05) is 0 Å². The summed E-state index contributed by atoms with van der Waals surface area (Å²) < 4.78 is 21.7. The van der Waals surface area contributed by atoms with Gasteiger partial charge < -0.3 is 33.9 Å². The highest BCUT2D eigenvalue weighted by atomic mass is 16.5. The van der Waals surface area contributed by atoms with Crippen molar-refractivity contribution in [1.29, 1.82) is 0 Å². The molecule has 0 radical (unpaired) electrons. The summed E-state index contributed by atoms with van der Waals surface area (Å²) in [5.41, 5.74) is 1.46. The number of likely N-dealkylation sites (tertiary alicyclic amines) is 1. The van der Waals surface area contributed by atoms with Crippen LogP contribution >= 0.6 is 0 Å². The number of carbonyl (C=O) groups excluding carboxylic acids is 2. The van der Waals surface area contributed by atoms with Gasteiger partial charge in [0.15, 0.2) is 0 Å². The maximum absolute atomic E-state index is 13.9. The summed E-state index contributed by atoms with van der Waals surface area (Å²) in [6.45, 7) is 6.20. The van der Waals surface area contributed by atoms with E-state index in [0.29, 0.717) is 60.1 Å². The largest absolute Gasteiger partial charge is 0.872 e. The van der Waals surface area contributed by atoms with Crippen LogP contribution in [0.5, 0.6) is 17.2 Å². The molecule has 2 aliphatic rings. The molecule has 2 aromatic rings. The molecule has 2 fully saturated rings. The number of methoxy groups -OCH3 is 3. The summed E-state index contributed by atoms with van der Waals surface area (Å²) in [5, 5.41) is 13.9. The van der Waals surface area contributed by atoms with E-state index in [1.54, 1.807) is 50.4 Å². The lowest BCUT2D eigenvalue weighted by Gasteiger charge is -2.30. The number of hydrogen-bond acceptors (Lipinski definition) is 7. The summed E-state index contributed by atoms with van der Waals surface area (Å²) >= 11 is 0. The molecule has 0 aromatic heterocycles. The van der Waals surface area contributed by atoms with Crippen molar-refractivity contribution in [1.82, 2.24) is 4.90 Å². The Morgan fingerprint density at radius 3 is 2.35 bits per heavy atom. The molecule has 2 saturated heterocycles. The van der Waals surface area contributed by atoms with Crippen LogP contribution in [0, 0.1) is 6.92 Å². The van der Waals surface area contributed by atoms with E-state index in [2.05, 4.69) is 0 Å². The molecule has 0 bridgehead atoms. The second kappa shape index (κ2) is 11.7. The average Bonchev–Trinajstić information content (AvgIpc) is 3.17. The molecule has 1 atom stereocenters. The van der Waals surface area contributed by atoms with E-state index in [4.69, 9.17) is 18.9 Å². The van der Waals surface area contributed by atoms with E-state index in [9.17, 15) is 14.7 Å². The van der Waals surface area contributed by atoms with Crippen LogP contribution in [0.4, 0.5) is 0 Å². The zero-order chi connectivity index (χ0) is 26.5. The number of nitrogens with zero attached hydrogens (tertiary/aromatic N) is 1. The molecule has 0 aliphatic carbocycles. The minimum Gasteiger partial charge on any atom is -0.872 e. The second-order valence-corrected chi connectivity index (χ2v) is 9.23. The van der Waals surface area contributed by atoms with Gasteiger partial charge in [-0.25, -0.2) is 0 Å². The predicted octanol–water partition coefficient (Wildman–Crippen LogP) is 0.550. The fourth-order valence-electron chi connectivity index (χ4n) is 5.05. The van der Waals surface area contributed by atoms with Crippen molar-refractivity contribution in [2.24, 2.45) is 0 Å². The van der Waals surface area contributed by atoms with Gasteiger partial charge in [0.25, 0.3) is 5.91 Å². The minimum absolute atomic E-state index is 0.0801. The number of ether oxygens (including phenoxy) is 4. The highest BCUT2D eigenvalue weighted by Crippen LogP contribution is 2.43. The Balaban J connectivity index is 1.78. The number of quaternary nitrogens is 1. The molecule has 2 aliphatic heterocycles. The first kappa shape index (κ1) is 26.5. The monoisotopic (exact) mass is 510 g/mol. The molecule has 2 heterocycles. The molecule has 1 unspecified atom stereocenters. The smallest absolute Gasteiger partial charge is 0.295 e. The molecule has 1 amide bonds. The van der Waals surface area contributed by atoms with Crippen molar-refractivity contribution in [2.45, 2.75) is 19.4 Å². The van der Waals surface area contributed by atoms with Crippen LogP contribution in [0.1, 0.15) is 29.2 Å². The zero-order valence-electron chi connectivity index (χ0n) is 21.8. The van der Waals surface area contributed by atoms with Gasteiger partial charge in [-0.15, -0.1) is 0 Å². The Morgan fingerprint density at radius 1 is 1.03 bits per heavy atom. The normalized spacial score (nSPS) is 19.8. The van der Waals surface area contributed by atoms with E-state index in [1.165, 1.54) is 24.0 Å². The average molecular weight is 511 g/mol. The van der Waals surface area contributed by atoms with Gasteiger partial charge in [0.1, 0.15) is 30.3 Å². The first-order chi connectivity index (χ1) is 17.9. The number of ketones is 1. The Bertz CT molecular complexity index is 1190. The summed E-state index contributed by atoms with van der Waals surface area (Å²) in [7, 11) is 4.60. The molecule has 9 heteroatoms. The molecular weight excluding hydrogens is 476 g/mol. The molecule has 37 heavy (non-hydrogen) atoms. The molecule has 9 nitrogen and oxygen atoms in total. The molecule has 4 rings (SSSR count). The van der Waals surface area contributed by atoms with E-state index >= 15 is 0 Å². The highest BCUT2D eigenvalue weighted by molar-refractivity contribution is 6.46. The number of morpholine rings is 1. The van der Waals surface area contributed by atoms with Gasteiger partial charge >= 0.3 is 0 Å². The topological polar surface area (TPSA) is 102 Å². The first-order valence-corrected chi connectivity index (χ1v) is 12.4. The minimum atomic E-state index is -0.890. The number of nitrogens with one attached hydrogen (secondary N) is 1. The quantitative estimate of drug-likeness (QED) is 0.299. The van der Waals surface area contributed by atoms with Gasteiger partial charge in [-0.05, 0) is 48.4 Å². The molecule has 198 valence electrons. The number of hydrogen-bond donors (Lipinski definition) is 1. The van der Waals surface area contributed by atoms with Gasteiger partial charge in [-0.3, -0.25) is 9.59 Å². The van der Waals surface area contributed by atoms with Crippen molar-refractivity contribution in [3.63, 3.8) is 0 Å². The van der Waals surface area contributed by atoms with Crippen LogP contribution < -0.4 is 24.2 Å². The van der Waals surface area contributed by atoms with Crippen LogP contribution in [0.15, 0.2) is 42.0 Å². The maximum atomic E-state index is 13.9. The van der Waals surface area contributed by atoms with Gasteiger partial charge in [0.2, 0.25) is 5.78 Å². The standard InChI is InChI=1S/C28H34N2O7/c1-18-16-19(34-2)6-8-21(18)26(31)24-25(22-17-20(35-3)7-9-23(22)36-4)30(28(33)27(24)32)11-5-10-29-12-14-37-15-13-29/h6-9,16-17,25,31H,5,10-15H2,1-4H3. The molecule has 2 aromatic carbocycles. The van der Waals surface area contributed by atoms with Gasteiger partial charge in [0.05, 0.1) is 47.1 Å². The van der Waals surface area contributed by atoms with Gasteiger partial charge in [0, 0.05) is 24.1 Å². The zero-order valence-corrected chi connectivity index (χ0v) is 21.8. The lowest BCUT2D eigenvalue weighted by atomic mass is 9.93. The van der Waals surface area contributed by atoms with Crippen LogP contribution in [0.2, 0.25) is 0 Å². The third kappa shape index (κ3) is 5.42. The number of benzene rings is 2. The van der Waals surface area contributed by atoms with E-state index in [-0.39, 0.29) is 5.57 Å². The fraction of sp³-hybridized carbons (Fsp3) is 0.429. The van der Waals surface area contributed by atoms with E-state index in [0.717, 1.165) is 19.6 Å². The Labute approximate surface area is 217 Å². The predicted molar refractivity (Wildman–Crippen MR) is 135 cm³/mol. The fourth-order valence-corrected chi connectivity index (χ4v) is 5.05. The number of aryl methyl sites for hydroxylation is 1. The highest BCUT2D eigenvalue weighted by Gasteiger charge is 2.45. The SMILES string of the molecule is COc1ccc(C([O-])=C2C(=O)C(=O)N(CCC[NH+]3CCOCC3)C2c2cc(OC)ccc2OC)c(C)c1. The first-order valence-electron chi connectivity index (χ1n) is 12.4. The number of carbonyl (C=O) groups is 2. The Hall–Kier alpha value is -3.56. The summed E-state index contributed by atoms with van der Waals surface area (Å²) in [4.78, 5) is 29.6. The van der Waals surface area contributed by atoms with Gasteiger partial charge in [-0.2, -0.15) is 0 Å². The number of Topliss-reactive ketones (excluding diaryl/α,β-unsaturated/α-hetero) is 1. The number of amides is 1. The summed E-state index contributed by atoms with van der Waals surface area (Å²) in [6, 6.07) is 9.33. The maximum Gasteiger partial charge on any atom is 0.295 e. The molecule has 1 N–H and O–H groups in total. The molecule has 0 saturated carbocycles. The number of rotatable bonds is 9. The molecule has 0 spiro atoms. The van der Waals surface area contributed by atoms with Crippen molar-refractivity contribution in [2.75, 3.05) is 60.7 Å². The van der Waals surface area contributed by atoms with Crippen molar-refractivity contribution >= 4 is 17.4 Å². The third-order valence-corrected chi connectivity index (χ3v) is 7.07. The van der Waals surface area contributed by atoms with Crippen molar-refractivity contribution in [3.05, 3.63) is 58.7 Å². The van der Waals surface area contributed by atoms with Crippen LogP contribution in [-0.2, 0) is 14.3 Å². The van der Waals surface area contributed by atoms with Crippen molar-refractivity contribution < 1.29 is 38.5 Å². The second-order valence-electron chi connectivity index (χ2n) is 9.23. The Morgan fingerprint density at radius 2 is 1.70 bits per heavy atom. The molecular formula is C28H34N2O7. The summed E-state index contributed by atoms with van der Waals surface area (Å²) in [5.74, 6) is -0.336. The van der Waals surface area contributed by atoms with Crippen molar-refractivity contribution in [3.8, 4) is 17.2 Å². The third-order valence-electron chi connectivity index (χ3n) is 7.07.